The van der Waals surface area contributed by atoms with Crippen molar-refractivity contribution in [3.05, 3.63) is 39.5 Å². The summed E-state index contributed by atoms with van der Waals surface area (Å²) >= 11 is 1.63. The minimum absolute atomic E-state index is 0. The molecule has 0 saturated heterocycles. The molecule has 0 radical (unpaired) electrons. The summed E-state index contributed by atoms with van der Waals surface area (Å²) in [7, 11) is 1.64. The summed E-state index contributed by atoms with van der Waals surface area (Å²) in [4.78, 5) is 13.4. The van der Waals surface area contributed by atoms with Gasteiger partial charge in [0.15, 0.2) is 5.96 Å². The largest absolute Gasteiger partial charge is 0.476 e. The van der Waals surface area contributed by atoms with Crippen LogP contribution in [0.3, 0.4) is 0 Å². The number of aryl methyl sites for hydroxylation is 2. The van der Waals surface area contributed by atoms with Gasteiger partial charge >= 0.3 is 6.18 Å². The second kappa shape index (κ2) is 10.6. The van der Waals surface area contributed by atoms with Gasteiger partial charge in [-0.05, 0) is 19.9 Å². The second-order valence-electron chi connectivity index (χ2n) is 5.33. The minimum atomic E-state index is -4.40. The Morgan fingerprint density at radius 3 is 2.52 bits per heavy atom. The minimum Gasteiger partial charge on any atom is -0.476 e. The number of aromatic nitrogens is 2. The van der Waals surface area contributed by atoms with Crippen LogP contribution in [0.5, 0.6) is 5.88 Å². The van der Waals surface area contributed by atoms with E-state index in [2.05, 4.69) is 25.6 Å². The molecule has 0 fully saturated rings. The Bertz CT molecular complexity index is 730. The molecule has 0 aliphatic heterocycles. The highest BCUT2D eigenvalue weighted by Gasteiger charge is 2.30. The van der Waals surface area contributed by atoms with Gasteiger partial charge in [-0.1, -0.05) is 0 Å². The summed E-state index contributed by atoms with van der Waals surface area (Å²) in [5.41, 5.74) is 0.215. The molecule has 0 spiro atoms. The highest BCUT2D eigenvalue weighted by atomic mass is 127. The predicted octanol–water partition coefficient (Wildman–Crippen LogP) is 3.54. The number of rotatable bonds is 6. The van der Waals surface area contributed by atoms with Crippen molar-refractivity contribution in [1.29, 1.82) is 0 Å². The zero-order valence-electron chi connectivity index (χ0n) is 15.1. The molecule has 0 amide bonds. The Morgan fingerprint density at radius 2 is 2.00 bits per heavy atom. The lowest BCUT2D eigenvalue weighted by Gasteiger charge is -2.12. The third kappa shape index (κ3) is 7.48. The van der Waals surface area contributed by atoms with Crippen molar-refractivity contribution in [3.63, 3.8) is 0 Å². The van der Waals surface area contributed by atoms with E-state index in [-0.39, 0.29) is 36.5 Å². The van der Waals surface area contributed by atoms with Gasteiger partial charge in [-0.25, -0.2) is 9.97 Å². The molecular formula is C16H21F3IN5OS. The van der Waals surface area contributed by atoms with Gasteiger partial charge in [0.25, 0.3) is 0 Å². The lowest BCUT2D eigenvalue weighted by molar-refractivity contribution is -0.137. The van der Waals surface area contributed by atoms with Crippen molar-refractivity contribution in [3.8, 4) is 5.88 Å². The molecule has 0 bridgehead atoms. The average molecular weight is 515 g/mol. The number of alkyl halides is 3. The first kappa shape index (κ1) is 23.4. The summed E-state index contributed by atoms with van der Waals surface area (Å²) < 4.78 is 42.7. The maximum absolute atomic E-state index is 12.5. The Morgan fingerprint density at radius 1 is 1.26 bits per heavy atom. The maximum Gasteiger partial charge on any atom is 0.417 e. The van der Waals surface area contributed by atoms with Crippen LogP contribution in [0.4, 0.5) is 13.2 Å². The van der Waals surface area contributed by atoms with Gasteiger partial charge in [-0.3, -0.25) is 4.99 Å². The molecule has 27 heavy (non-hydrogen) atoms. The van der Waals surface area contributed by atoms with E-state index in [1.54, 1.807) is 18.4 Å². The van der Waals surface area contributed by atoms with Crippen molar-refractivity contribution in [1.82, 2.24) is 20.6 Å². The predicted molar refractivity (Wildman–Crippen MR) is 110 cm³/mol. The van der Waals surface area contributed by atoms with Crippen molar-refractivity contribution in [2.24, 2.45) is 4.99 Å². The number of thiazole rings is 1. The van der Waals surface area contributed by atoms with Gasteiger partial charge in [-0.2, -0.15) is 13.2 Å². The summed E-state index contributed by atoms with van der Waals surface area (Å²) in [6.45, 7) is 5.19. The van der Waals surface area contributed by atoms with Crippen LogP contribution in [-0.2, 0) is 12.7 Å². The Kier molecular flexibility index (Phi) is 9.22. The quantitative estimate of drug-likeness (QED) is 0.267. The van der Waals surface area contributed by atoms with Gasteiger partial charge in [0.2, 0.25) is 5.88 Å². The number of aliphatic imine (C=N–C) groups is 1. The fourth-order valence-corrected chi connectivity index (χ4v) is 2.83. The highest BCUT2D eigenvalue weighted by molar-refractivity contribution is 14.0. The van der Waals surface area contributed by atoms with Crippen LogP contribution >= 0.6 is 35.3 Å². The van der Waals surface area contributed by atoms with E-state index >= 15 is 0 Å². The van der Waals surface area contributed by atoms with Crippen LogP contribution in [0, 0.1) is 13.8 Å². The van der Waals surface area contributed by atoms with Crippen molar-refractivity contribution in [2.45, 2.75) is 26.6 Å². The number of ether oxygens (including phenoxy) is 1. The molecule has 150 valence electrons. The summed E-state index contributed by atoms with van der Waals surface area (Å²) in [6, 6.07) is 2.14. The Balaban J connectivity index is 0.00000364. The Hall–Kier alpha value is -1.63. The molecular weight excluding hydrogens is 494 g/mol. The number of nitrogens with one attached hydrogen (secondary N) is 2. The first-order chi connectivity index (χ1) is 12.3. The van der Waals surface area contributed by atoms with Gasteiger partial charge < -0.3 is 15.4 Å². The van der Waals surface area contributed by atoms with Gasteiger partial charge in [-0.15, -0.1) is 35.3 Å². The number of hydrogen-bond acceptors (Lipinski definition) is 5. The number of nitrogens with zero attached hydrogens (tertiary/aromatic N) is 3. The smallest absolute Gasteiger partial charge is 0.417 e. The first-order valence-corrected chi connectivity index (χ1v) is 8.64. The Labute approximate surface area is 176 Å². The van der Waals surface area contributed by atoms with E-state index in [0.717, 1.165) is 23.0 Å². The molecule has 0 aliphatic carbocycles. The third-order valence-electron chi connectivity index (χ3n) is 3.41. The molecule has 2 rings (SSSR count). The van der Waals surface area contributed by atoms with Crippen LogP contribution in [0.1, 0.15) is 21.1 Å². The standard InChI is InChI=1S/C16H20F3N5OS.HI/c1-10-11(2)26-14(24-10)9-23-15(20-3)21-6-7-25-13-5-4-12(8-22-13)16(17,18)19;/h4-5,8H,6-7,9H2,1-3H3,(H2,20,21,23);1H. The zero-order chi connectivity index (χ0) is 19.2. The average Bonchev–Trinajstić information content (AvgIpc) is 2.92. The van der Waals surface area contributed by atoms with Crippen molar-refractivity contribution in [2.75, 3.05) is 20.2 Å². The van der Waals surface area contributed by atoms with E-state index in [9.17, 15) is 13.2 Å². The van der Waals surface area contributed by atoms with E-state index in [0.29, 0.717) is 19.0 Å². The fourth-order valence-electron chi connectivity index (χ4n) is 1.95. The molecule has 6 nitrogen and oxygen atoms in total. The highest BCUT2D eigenvalue weighted by Crippen LogP contribution is 2.29. The van der Waals surface area contributed by atoms with Crippen LogP contribution in [-0.4, -0.2) is 36.1 Å². The molecule has 2 aromatic rings. The first-order valence-electron chi connectivity index (χ1n) is 7.83. The van der Waals surface area contributed by atoms with Gasteiger partial charge in [0.05, 0.1) is 24.3 Å². The molecule has 2 aromatic heterocycles. The van der Waals surface area contributed by atoms with Crippen LogP contribution in [0.15, 0.2) is 23.3 Å². The lowest BCUT2D eigenvalue weighted by Crippen LogP contribution is -2.38. The maximum atomic E-state index is 12.5. The van der Waals surface area contributed by atoms with Crippen LogP contribution in [0.25, 0.3) is 0 Å². The van der Waals surface area contributed by atoms with E-state index in [4.69, 9.17) is 4.74 Å². The second-order valence-corrected chi connectivity index (χ2v) is 6.62. The molecule has 0 unspecified atom stereocenters. The molecule has 0 atom stereocenters. The normalized spacial score (nSPS) is 11.7. The molecule has 2 heterocycles. The monoisotopic (exact) mass is 515 g/mol. The van der Waals surface area contributed by atoms with E-state index < -0.39 is 11.7 Å². The van der Waals surface area contributed by atoms with Gasteiger partial charge in [0.1, 0.15) is 11.6 Å². The third-order valence-corrected chi connectivity index (χ3v) is 4.48. The topological polar surface area (TPSA) is 71.4 Å². The number of pyridine rings is 1. The molecule has 0 aliphatic rings. The van der Waals surface area contributed by atoms with Crippen molar-refractivity contribution >= 4 is 41.3 Å². The van der Waals surface area contributed by atoms with E-state index in [1.165, 1.54) is 10.9 Å². The summed E-state index contributed by atoms with van der Waals surface area (Å²) in [6.07, 6.45) is -3.65. The van der Waals surface area contributed by atoms with Gasteiger partial charge in [0, 0.05) is 24.2 Å². The number of halogens is 4. The van der Waals surface area contributed by atoms with Crippen LogP contribution in [0.2, 0.25) is 0 Å². The zero-order valence-corrected chi connectivity index (χ0v) is 18.2. The SMILES string of the molecule is CN=C(NCCOc1ccc(C(F)(F)F)cn1)NCc1nc(C)c(C)s1.I. The number of guanidine groups is 1. The molecule has 11 heteroatoms. The van der Waals surface area contributed by atoms with E-state index in [1.807, 2.05) is 13.8 Å². The molecule has 2 N–H and O–H groups in total. The molecule has 0 saturated carbocycles. The summed E-state index contributed by atoms with van der Waals surface area (Å²) in [5.74, 6) is 0.718. The fraction of sp³-hybridized carbons (Fsp3) is 0.438. The summed E-state index contributed by atoms with van der Waals surface area (Å²) in [5, 5.41) is 7.16. The van der Waals surface area contributed by atoms with Crippen molar-refractivity contribution < 1.29 is 17.9 Å². The van der Waals surface area contributed by atoms with Crippen LogP contribution < -0.4 is 15.4 Å². The lowest BCUT2D eigenvalue weighted by atomic mass is 10.3. The molecule has 0 aromatic carbocycles. The number of hydrogen-bond donors (Lipinski definition) is 2.